The maximum atomic E-state index is 10.5. The van der Waals surface area contributed by atoms with Crippen LogP contribution in [0.1, 0.15) is 0 Å². The molecule has 94 valence electrons. The van der Waals surface area contributed by atoms with Crippen LogP contribution in [0.4, 0.5) is 5.88 Å². The summed E-state index contributed by atoms with van der Waals surface area (Å²) < 4.78 is 9.95. The highest BCUT2D eigenvalue weighted by atomic mass is 16.6. The van der Waals surface area contributed by atoms with Crippen molar-refractivity contribution in [2.24, 2.45) is 0 Å². The molecule has 0 saturated carbocycles. The molecular formula is C11H6N4O4. The van der Waals surface area contributed by atoms with Crippen LogP contribution in [-0.4, -0.2) is 20.0 Å². The SMILES string of the molecule is O=[N+]([O-])c1ccc(-c2nc(-c3ccccn3)no2)o1. The van der Waals surface area contributed by atoms with Crippen LogP contribution >= 0.6 is 0 Å². The molecule has 0 saturated heterocycles. The summed E-state index contributed by atoms with van der Waals surface area (Å²) in [7, 11) is 0. The van der Waals surface area contributed by atoms with Crippen LogP contribution in [0, 0.1) is 10.1 Å². The molecule has 0 N–H and O–H groups in total. The number of furan rings is 1. The number of nitrogens with zero attached hydrogens (tertiary/aromatic N) is 4. The van der Waals surface area contributed by atoms with Crippen molar-refractivity contribution in [3.63, 3.8) is 0 Å². The summed E-state index contributed by atoms with van der Waals surface area (Å²) >= 11 is 0. The van der Waals surface area contributed by atoms with Crippen molar-refractivity contribution in [2.75, 3.05) is 0 Å². The van der Waals surface area contributed by atoms with Crippen LogP contribution in [-0.2, 0) is 0 Å². The minimum absolute atomic E-state index is 0.0637. The van der Waals surface area contributed by atoms with Crippen molar-refractivity contribution >= 4 is 5.88 Å². The maximum Gasteiger partial charge on any atom is 0.433 e. The summed E-state index contributed by atoms with van der Waals surface area (Å²) in [4.78, 5) is 18.0. The highest BCUT2D eigenvalue weighted by Crippen LogP contribution is 2.26. The van der Waals surface area contributed by atoms with Gasteiger partial charge in [-0.3, -0.25) is 15.1 Å². The Morgan fingerprint density at radius 2 is 2.11 bits per heavy atom. The first-order valence-corrected chi connectivity index (χ1v) is 5.24. The van der Waals surface area contributed by atoms with Gasteiger partial charge in [0.1, 0.15) is 10.6 Å². The Balaban J connectivity index is 1.94. The van der Waals surface area contributed by atoms with Gasteiger partial charge in [-0.15, -0.1) is 0 Å². The molecule has 0 aliphatic heterocycles. The molecule has 0 amide bonds. The van der Waals surface area contributed by atoms with Crippen LogP contribution in [0.2, 0.25) is 0 Å². The lowest BCUT2D eigenvalue weighted by Crippen LogP contribution is -1.84. The fraction of sp³-hybridized carbons (Fsp3) is 0. The summed E-state index contributed by atoms with van der Waals surface area (Å²) in [5.74, 6) is 0.109. The van der Waals surface area contributed by atoms with E-state index < -0.39 is 4.92 Å². The Hall–Kier alpha value is -3.03. The summed E-state index contributed by atoms with van der Waals surface area (Å²) in [5.41, 5.74) is 0.540. The van der Waals surface area contributed by atoms with Gasteiger partial charge < -0.3 is 8.94 Å². The third-order valence-electron chi connectivity index (χ3n) is 2.30. The van der Waals surface area contributed by atoms with E-state index in [1.54, 1.807) is 24.4 Å². The third-order valence-corrected chi connectivity index (χ3v) is 2.30. The molecule has 3 rings (SSSR count). The Kier molecular flexibility index (Phi) is 2.53. The minimum atomic E-state index is -0.639. The number of aromatic nitrogens is 3. The van der Waals surface area contributed by atoms with Crippen molar-refractivity contribution in [2.45, 2.75) is 0 Å². The van der Waals surface area contributed by atoms with E-state index in [0.717, 1.165) is 0 Å². The molecule has 0 aliphatic rings. The van der Waals surface area contributed by atoms with Crippen LogP contribution in [0.25, 0.3) is 23.2 Å². The minimum Gasteiger partial charge on any atom is -0.395 e. The quantitative estimate of drug-likeness (QED) is 0.523. The van der Waals surface area contributed by atoms with E-state index >= 15 is 0 Å². The molecular weight excluding hydrogens is 252 g/mol. The van der Waals surface area contributed by atoms with Crippen molar-refractivity contribution in [3.05, 3.63) is 46.6 Å². The molecule has 0 atom stereocenters. The smallest absolute Gasteiger partial charge is 0.395 e. The molecule has 0 aliphatic carbocycles. The standard InChI is InChI=1S/C11H6N4O4/c16-15(17)9-5-4-8(18-9)11-13-10(14-19-11)7-3-1-2-6-12-7/h1-6H. The molecule has 3 aromatic rings. The zero-order valence-corrected chi connectivity index (χ0v) is 9.39. The molecule has 19 heavy (non-hydrogen) atoms. The Labute approximate surface area is 105 Å². The lowest BCUT2D eigenvalue weighted by molar-refractivity contribution is -0.401. The number of hydrogen-bond acceptors (Lipinski definition) is 7. The van der Waals surface area contributed by atoms with Crippen molar-refractivity contribution in [1.82, 2.24) is 15.1 Å². The Morgan fingerprint density at radius 1 is 1.21 bits per heavy atom. The molecule has 0 spiro atoms. The van der Waals surface area contributed by atoms with Gasteiger partial charge in [0.2, 0.25) is 5.82 Å². The normalized spacial score (nSPS) is 10.5. The van der Waals surface area contributed by atoms with E-state index in [-0.39, 0.29) is 23.4 Å². The van der Waals surface area contributed by atoms with Gasteiger partial charge in [-0.1, -0.05) is 11.2 Å². The second kappa shape index (κ2) is 4.33. The van der Waals surface area contributed by atoms with E-state index in [1.807, 2.05) is 0 Å². The maximum absolute atomic E-state index is 10.5. The van der Waals surface area contributed by atoms with Gasteiger partial charge in [-0.25, -0.2) is 0 Å². The van der Waals surface area contributed by atoms with Gasteiger partial charge in [-0.05, 0) is 18.2 Å². The molecule has 8 nitrogen and oxygen atoms in total. The van der Waals surface area contributed by atoms with Crippen molar-refractivity contribution in [1.29, 1.82) is 0 Å². The summed E-state index contributed by atoms with van der Waals surface area (Å²) in [6, 6.07) is 7.89. The average Bonchev–Trinajstić information content (AvgIpc) is 3.09. The predicted molar refractivity (Wildman–Crippen MR) is 61.9 cm³/mol. The van der Waals surface area contributed by atoms with Gasteiger partial charge in [0, 0.05) is 6.20 Å². The van der Waals surface area contributed by atoms with E-state index in [2.05, 4.69) is 15.1 Å². The fourth-order valence-corrected chi connectivity index (χ4v) is 1.46. The first kappa shape index (κ1) is 11.1. The zero-order chi connectivity index (χ0) is 13.2. The predicted octanol–water partition coefficient (Wildman–Crippen LogP) is 2.30. The fourth-order valence-electron chi connectivity index (χ4n) is 1.46. The van der Waals surface area contributed by atoms with E-state index in [0.29, 0.717) is 5.69 Å². The van der Waals surface area contributed by atoms with E-state index in [1.165, 1.54) is 12.1 Å². The van der Waals surface area contributed by atoms with Crippen LogP contribution in [0.5, 0.6) is 0 Å². The highest BCUT2D eigenvalue weighted by Gasteiger charge is 2.18. The van der Waals surface area contributed by atoms with Gasteiger partial charge in [-0.2, -0.15) is 4.98 Å². The van der Waals surface area contributed by atoms with Crippen molar-refractivity contribution < 1.29 is 13.9 Å². The second-order valence-corrected chi connectivity index (χ2v) is 3.53. The molecule has 0 unspecified atom stereocenters. The molecule has 0 aromatic carbocycles. The number of pyridine rings is 1. The van der Waals surface area contributed by atoms with E-state index in [9.17, 15) is 10.1 Å². The Morgan fingerprint density at radius 3 is 2.79 bits per heavy atom. The highest BCUT2D eigenvalue weighted by molar-refractivity contribution is 5.53. The van der Waals surface area contributed by atoms with Crippen LogP contribution in [0.3, 0.4) is 0 Å². The first-order chi connectivity index (χ1) is 9.24. The van der Waals surface area contributed by atoms with Gasteiger partial charge >= 0.3 is 5.88 Å². The van der Waals surface area contributed by atoms with Gasteiger partial charge in [0.05, 0.1) is 6.07 Å². The average molecular weight is 258 g/mol. The number of rotatable bonds is 3. The van der Waals surface area contributed by atoms with Crippen molar-refractivity contribution in [3.8, 4) is 23.2 Å². The number of nitro groups is 1. The number of hydrogen-bond donors (Lipinski definition) is 0. The largest absolute Gasteiger partial charge is 0.433 e. The summed E-state index contributed by atoms with van der Waals surface area (Å²) in [5, 5.41) is 14.2. The molecule has 3 aromatic heterocycles. The summed E-state index contributed by atoms with van der Waals surface area (Å²) in [6.45, 7) is 0. The molecule has 3 heterocycles. The van der Waals surface area contributed by atoms with Crippen LogP contribution in [0.15, 0.2) is 45.5 Å². The lowest BCUT2D eigenvalue weighted by atomic mass is 10.3. The topological polar surface area (TPSA) is 108 Å². The van der Waals surface area contributed by atoms with Gasteiger partial charge in [0.25, 0.3) is 5.89 Å². The first-order valence-electron chi connectivity index (χ1n) is 5.24. The molecule has 0 fully saturated rings. The third kappa shape index (κ3) is 2.06. The zero-order valence-electron chi connectivity index (χ0n) is 9.39. The monoisotopic (exact) mass is 258 g/mol. The second-order valence-electron chi connectivity index (χ2n) is 3.53. The summed E-state index contributed by atoms with van der Waals surface area (Å²) in [6.07, 6.45) is 1.60. The molecule has 8 heteroatoms. The van der Waals surface area contributed by atoms with E-state index in [4.69, 9.17) is 8.94 Å². The molecule has 0 radical (unpaired) electrons. The lowest BCUT2D eigenvalue weighted by Gasteiger charge is -1.89. The Bertz CT molecular complexity index is 719. The van der Waals surface area contributed by atoms with Gasteiger partial charge in [0.15, 0.2) is 5.76 Å². The van der Waals surface area contributed by atoms with Crippen LogP contribution < -0.4 is 0 Å². The molecule has 0 bridgehead atoms.